The zero-order chi connectivity index (χ0) is 26.4. The molecule has 0 saturated carbocycles. The highest BCUT2D eigenvalue weighted by Crippen LogP contribution is 2.39. The molecule has 0 amide bonds. The monoisotopic (exact) mass is 524 g/mol. The fraction of sp³-hybridized carbons (Fsp3) is 0.600. The molecule has 2 aliphatic heterocycles. The molecule has 1 aromatic carbocycles. The van der Waals surface area contributed by atoms with E-state index in [9.17, 15) is 4.79 Å². The highest BCUT2D eigenvalue weighted by atomic mass is 32.1. The summed E-state index contributed by atoms with van der Waals surface area (Å²) in [6.45, 7) is 11.4. The number of likely N-dealkylation sites (N-methyl/N-ethyl adjacent to an activating group) is 1. The van der Waals surface area contributed by atoms with Gasteiger partial charge >= 0.3 is 5.97 Å². The molecular weight excluding hydrogens is 480 g/mol. The van der Waals surface area contributed by atoms with Crippen molar-refractivity contribution in [2.75, 3.05) is 38.6 Å². The molecule has 1 unspecified atom stereocenters. The Bertz CT molecular complexity index is 1090. The Morgan fingerprint density at radius 1 is 1.16 bits per heavy atom. The molecule has 1 N–H and O–H groups in total. The first kappa shape index (κ1) is 27.6. The maximum absolute atomic E-state index is 13.0. The molecule has 1 saturated heterocycles. The number of unbranched alkanes of at least 4 members (excludes halogenated alkanes) is 5. The van der Waals surface area contributed by atoms with Crippen LogP contribution in [-0.4, -0.2) is 60.9 Å². The smallest absolute Gasteiger partial charge is 0.311 e. The predicted molar refractivity (Wildman–Crippen MR) is 156 cm³/mol. The van der Waals surface area contributed by atoms with Gasteiger partial charge in [0.05, 0.1) is 28.4 Å². The summed E-state index contributed by atoms with van der Waals surface area (Å²) in [5, 5.41) is 4.74. The largest absolute Gasteiger partial charge is 0.464 e. The third-order valence-corrected chi connectivity index (χ3v) is 8.63. The maximum Gasteiger partial charge on any atom is 0.311 e. The minimum absolute atomic E-state index is 0.0766. The number of ether oxygens (including phenoxy) is 1. The second-order valence-corrected chi connectivity index (χ2v) is 12.5. The number of hydrogen-bond donors (Lipinski definition) is 1. The summed E-state index contributed by atoms with van der Waals surface area (Å²) < 4.78 is 5.95. The molecule has 1 fully saturated rings. The first-order chi connectivity index (χ1) is 17.8. The maximum atomic E-state index is 13.0. The van der Waals surface area contributed by atoms with E-state index in [2.05, 4.69) is 54.2 Å². The number of nitrogens with zero attached hydrogens (tertiary/aromatic N) is 3. The van der Waals surface area contributed by atoms with Gasteiger partial charge in [0.1, 0.15) is 17.4 Å². The van der Waals surface area contributed by atoms with Gasteiger partial charge in [0.25, 0.3) is 0 Å². The van der Waals surface area contributed by atoms with E-state index >= 15 is 0 Å². The van der Waals surface area contributed by atoms with Crippen molar-refractivity contribution in [2.24, 2.45) is 10.4 Å². The molecule has 0 aliphatic carbocycles. The summed E-state index contributed by atoms with van der Waals surface area (Å²) >= 11 is 1.77. The van der Waals surface area contributed by atoms with Crippen LogP contribution >= 0.6 is 11.3 Å². The summed E-state index contributed by atoms with van der Waals surface area (Å²) in [5.74, 6) is 0.928. The van der Waals surface area contributed by atoms with Gasteiger partial charge < -0.3 is 15.0 Å². The minimum atomic E-state index is -0.443. The van der Waals surface area contributed by atoms with Crippen LogP contribution < -0.4 is 5.32 Å². The number of rotatable bonds is 10. The summed E-state index contributed by atoms with van der Waals surface area (Å²) in [4.78, 5) is 24.1. The van der Waals surface area contributed by atoms with Crippen molar-refractivity contribution in [2.45, 2.75) is 78.7 Å². The van der Waals surface area contributed by atoms with Gasteiger partial charge in [-0.25, -0.2) is 4.99 Å². The zero-order valence-corrected chi connectivity index (χ0v) is 24.1. The van der Waals surface area contributed by atoms with Crippen LogP contribution in [0.15, 0.2) is 35.3 Å². The number of anilines is 2. The first-order valence-electron chi connectivity index (χ1n) is 14.0. The molecule has 0 bridgehead atoms. The van der Waals surface area contributed by atoms with Gasteiger partial charge in [-0.15, -0.1) is 11.3 Å². The summed E-state index contributed by atoms with van der Waals surface area (Å²) in [6, 6.07) is 10.6. The van der Waals surface area contributed by atoms with Gasteiger partial charge in [-0.2, -0.15) is 0 Å². The van der Waals surface area contributed by atoms with Crippen molar-refractivity contribution >= 4 is 39.5 Å². The Balaban J connectivity index is 1.39. The topological polar surface area (TPSA) is 57.2 Å². The number of amidine groups is 1. The van der Waals surface area contributed by atoms with Crippen LogP contribution in [0.25, 0.3) is 0 Å². The highest BCUT2D eigenvalue weighted by Gasteiger charge is 2.33. The zero-order valence-electron chi connectivity index (χ0n) is 23.3. The van der Waals surface area contributed by atoms with Crippen molar-refractivity contribution in [1.29, 1.82) is 0 Å². The molecule has 0 spiro atoms. The van der Waals surface area contributed by atoms with Crippen LogP contribution in [0, 0.1) is 12.3 Å². The number of esters is 1. The molecule has 6 nitrogen and oxygen atoms in total. The minimum Gasteiger partial charge on any atom is -0.464 e. The molecule has 3 heterocycles. The number of aryl methyl sites for hydroxylation is 1. The number of carbonyl (C=O) groups excluding carboxylic acids is 1. The molecule has 4 rings (SSSR count). The average molecular weight is 525 g/mol. The molecule has 7 heteroatoms. The summed E-state index contributed by atoms with van der Waals surface area (Å²) in [7, 11) is 2.13. The van der Waals surface area contributed by atoms with Crippen LogP contribution in [0.1, 0.15) is 76.2 Å². The van der Waals surface area contributed by atoms with Gasteiger partial charge in [0.2, 0.25) is 0 Å². The van der Waals surface area contributed by atoms with E-state index in [0.717, 1.165) is 60.3 Å². The second-order valence-electron chi connectivity index (χ2n) is 11.3. The number of carbonyl (C=O) groups is 1. The number of aliphatic imine (C=N–C) groups is 1. The lowest BCUT2D eigenvalue weighted by Gasteiger charge is -2.40. The number of nitrogens with one attached hydrogen (secondary N) is 1. The first-order valence-corrected chi connectivity index (χ1v) is 14.8. The number of para-hydroxylation sites is 2. The van der Waals surface area contributed by atoms with E-state index in [1.165, 1.54) is 37.0 Å². The Kier molecular flexibility index (Phi) is 9.30. The van der Waals surface area contributed by atoms with E-state index in [1.807, 2.05) is 26.0 Å². The van der Waals surface area contributed by atoms with Gasteiger partial charge in [-0.3, -0.25) is 9.69 Å². The van der Waals surface area contributed by atoms with E-state index in [0.29, 0.717) is 6.61 Å². The second kappa shape index (κ2) is 12.4. The molecule has 0 radical (unpaired) electrons. The highest BCUT2D eigenvalue weighted by molar-refractivity contribution is 7.16. The quantitative estimate of drug-likeness (QED) is 0.265. The number of fused-ring (bicyclic) bond motifs is 2. The van der Waals surface area contributed by atoms with Gasteiger partial charge in [-0.05, 0) is 52.4 Å². The molecule has 2 aliphatic rings. The lowest BCUT2D eigenvalue weighted by molar-refractivity contribution is -0.156. The van der Waals surface area contributed by atoms with Crippen LogP contribution in [0.2, 0.25) is 0 Å². The van der Waals surface area contributed by atoms with Crippen molar-refractivity contribution in [3.8, 4) is 0 Å². The van der Waals surface area contributed by atoms with E-state index in [-0.39, 0.29) is 12.0 Å². The summed E-state index contributed by atoms with van der Waals surface area (Å²) in [6.07, 6.45) is 8.29. The van der Waals surface area contributed by atoms with Gasteiger partial charge in [0, 0.05) is 24.5 Å². The van der Waals surface area contributed by atoms with Crippen molar-refractivity contribution < 1.29 is 9.53 Å². The van der Waals surface area contributed by atoms with Crippen molar-refractivity contribution in [3.05, 3.63) is 40.8 Å². The lowest BCUT2D eigenvalue weighted by Crippen LogP contribution is -2.55. The molecule has 37 heavy (non-hydrogen) atoms. The van der Waals surface area contributed by atoms with Crippen LogP contribution in [0.3, 0.4) is 0 Å². The fourth-order valence-corrected chi connectivity index (χ4v) is 6.04. The van der Waals surface area contributed by atoms with Crippen molar-refractivity contribution in [3.63, 3.8) is 0 Å². The number of hydrogen-bond acceptors (Lipinski definition) is 7. The van der Waals surface area contributed by atoms with E-state index < -0.39 is 5.41 Å². The Morgan fingerprint density at radius 2 is 1.92 bits per heavy atom. The van der Waals surface area contributed by atoms with Gasteiger partial charge in [-0.1, -0.05) is 57.6 Å². The Morgan fingerprint density at radius 3 is 2.73 bits per heavy atom. The molecule has 1 aromatic heterocycles. The molecule has 1 atom stereocenters. The summed E-state index contributed by atoms with van der Waals surface area (Å²) in [5.41, 5.74) is 2.70. The molecule has 202 valence electrons. The molecule has 2 aromatic rings. The third kappa shape index (κ3) is 6.94. The van der Waals surface area contributed by atoms with E-state index in [4.69, 9.17) is 9.73 Å². The van der Waals surface area contributed by atoms with Gasteiger partial charge in [0.15, 0.2) is 0 Å². The number of benzene rings is 1. The normalized spacial score (nSPS) is 17.9. The van der Waals surface area contributed by atoms with Crippen molar-refractivity contribution in [1.82, 2.24) is 9.80 Å². The SMILES string of the molecule is CCCCCCCCC(C)(C)C(=O)OCC1CN(C2=Nc3ccccc3Nc3sc(C)cc32)CCN1C. The van der Waals surface area contributed by atoms with Crippen LogP contribution in [0.5, 0.6) is 0 Å². The molecular formula is C30H44N4O2S. The Labute approximate surface area is 227 Å². The fourth-order valence-electron chi connectivity index (χ4n) is 5.12. The standard InChI is InChI=1S/C30H44N4O2S/c1-6-7-8-9-10-13-16-30(3,4)29(35)36-21-23-20-34(18-17-33(23)5)27-24-19-22(2)37-28(24)32-26-15-12-11-14-25(26)31-27/h11-12,14-15,19,23,32H,6-10,13,16-18,20-21H2,1-5H3. The Hall–Kier alpha value is -2.38. The van der Waals surface area contributed by atoms with E-state index in [1.54, 1.807) is 11.3 Å². The van der Waals surface area contributed by atoms with Crippen LogP contribution in [-0.2, 0) is 9.53 Å². The number of piperazine rings is 1. The predicted octanol–water partition coefficient (Wildman–Crippen LogP) is 7.13. The van der Waals surface area contributed by atoms with Crippen LogP contribution in [0.4, 0.5) is 16.4 Å². The number of thiophene rings is 1. The average Bonchev–Trinajstić information content (AvgIpc) is 3.16. The third-order valence-electron chi connectivity index (χ3n) is 7.67. The lowest BCUT2D eigenvalue weighted by atomic mass is 9.87.